The Hall–Kier alpha value is -1.26. The molecule has 4 heteroatoms. The van der Waals surface area contributed by atoms with Gasteiger partial charge >= 0.3 is 5.97 Å². The molecule has 0 bridgehead atoms. The quantitative estimate of drug-likeness (QED) is 0.840. The van der Waals surface area contributed by atoms with E-state index in [2.05, 4.69) is 0 Å². The minimum absolute atomic E-state index is 0.424. The van der Waals surface area contributed by atoms with Crippen LogP contribution >= 0.6 is 23.1 Å². The van der Waals surface area contributed by atoms with Crippen LogP contribution in [0.5, 0.6) is 0 Å². The highest BCUT2D eigenvalue weighted by Crippen LogP contribution is 2.27. The molecule has 82 valence electrons. The summed E-state index contributed by atoms with van der Waals surface area (Å²) in [6.07, 6.45) is 0. The van der Waals surface area contributed by atoms with Gasteiger partial charge in [-0.15, -0.1) is 23.1 Å². The highest BCUT2D eigenvalue weighted by molar-refractivity contribution is 7.98. The molecule has 2 aromatic rings. The molecule has 1 aromatic heterocycles. The van der Waals surface area contributed by atoms with Crippen LogP contribution < -0.4 is 0 Å². The predicted molar refractivity (Wildman–Crippen MR) is 67.3 cm³/mol. The van der Waals surface area contributed by atoms with E-state index >= 15 is 0 Å². The molecule has 0 aliphatic carbocycles. The zero-order chi connectivity index (χ0) is 11.4. The molecule has 1 N–H and O–H groups in total. The second-order valence-corrected chi connectivity index (χ2v) is 5.21. The third-order valence-corrected chi connectivity index (χ3v) is 4.23. The molecular weight excluding hydrogens is 240 g/mol. The number of hydrogen-bond donors (Lipinski definition) is 1. The Morgan fingerprint density at radius 1 is 1.25 bits per heavy atom. The van der Waals surface area contributed by atoms with Crippen molar-refractivity contribution in [3.8, 4) is 0 Å². The van der Waals surface area contributed by atoms with Gasteiger partial charge in [-0.1, -0.05) is 18.2 Å². The molecule has 0 saturated carbocycles. The van der Waals surface area contributed by atoms with E-state index in [-0.39, 0.29) is 0 Å². The Balaban J connectivity index is 2.05. The van der Waals surface area contributed by atoms with Crippen LogP contribution in [0, 0.1) is 0 Å². The van der Waals surface area contributed by atoms with Gasteiger partial charge in [-0.3, -0.25) is 0 Å². The third-order valence-electron chi connectivity index (χ3n) is 2.09. The van der Waals surface area contributed by atoms with E-state index in [0.717, 1.165) is 9.77 Å². The van der Waals surface area contributed by atoms with Gasteiger partial charge in [0, 0.05) is 15.5 Å². The van der Waals surface area contributed by atoms with Gasteiger partial charge in [-0.2, -0.15) is 0 Å². The number of aromatic carboxylic acids is 1. The first-order valence-corrected chi connectivity index (χ1v) is 6.61. The van der Waals surface area contributed by atoms with E-state index in [9.17, 15) is 4.79 Å². The molecule has 2 nitrogen and oxygen atoms in total. The van der Waals surface area contributed by atoms with E-state index in [1.54, 1.807) is 17.8 Å². The first-order valence-electron chi connectivity index (χ1n) is 4.75. The average molecular weight is 250 g/mol. The van der Waals surface area contributed by atoms with Crippen LogP contribution in [0.4, 0.5) is 0 Å². The van der Waals surface area contributed by atoms with Gasteiger partial charge in [-0.05, 0) is 23.6 Å². The van der Waals surface area contributed by atoms with Crippen molar-refractivity contribution >= 4 is 29.1 Å². The van der Waals surface area contributed by atoms with Crippen molar-refractivity contribution in [2.75, 3.05) is 0 Å². The minimum Gasteiger partial charge on any atom is -0.478 e. The van der Waals surface area contributed by atoms with Crippen LogP contribution in [-0.2, 0) is 5.75 Å². The number of thioether (sulfide) groups is 1. The van der Waals surface area contributed by atoms with E-state index in [1.807, 2.05) is 35.7 Å². The number of hydrogen-bond acceptors (Lipinski definition) is 3. The summed E-state index contributed by atoms with van der Waals surface area (Å²) in [7, 11) is 0. The zero-order valence-electron chi connectivity index (χ0n) is 8.42. The summed E-state index contributed by atoms with van der Waals surface area (Å²) >= 11 is 3.15. The SMILES string of the molecule is O=C(O)c1ccsc1CSc1ccccc1. The second-order valence-electron chi connectivity index (χ2n) is 3.16. The molecule has 1 aromatic carbocycles. The maximum atomic E-state index is 10.9. The van der Waals surface area contributed by atoms with Crippen LogP contribution in [0.3, 0.4) is 0 Å². The van der Waals surface area contributed by atoms with Gasteiger partial charge in [-0.25, -0.2) is 4.79 Å². The Morgan fingerprint density at radius 3 is 2.69 bits per heavy atom. The lowest BCUT2D eigenvalue weighted by atomic mass is 10.3. The Labute approximate surface area is 102 Å². The standard InChI is InChI=1S/C12H10O2S2/c13-12(14)10-6-7-15-11(10)8-16-9-4-2-1-3-5-9/h1-7H,8H2,(H,13,14). The molecule has 0 saturated heterocycles. The maximum Gasteiger partial charge on any atom is 0.336 e. The Bertz CT molecular complexity index is 477. The van der Waals surface area contributed by atoms with Crippen molar-refractivity contribution in [2.24, 2.45) is 0 Å². The number of carbonyl (C=O) groups is 1. The monoisotopic (exact) mass is 250 g/mol. The van der Waals surface area contributed by atoms with E-state index in [0.29, 0.717) is 11.3 Å². The highest BCUT2D eigenvalue weighted by Gasteiger charge is 2.11. The summed E-state index contributed by atoms with van der Waals surface area (Å²) < 4.78 is 0. The van der Waals surface area contributed by atoms with Crippen molar-refractivity contribution in [3.05, 3.63) is 52.2 Å². The molecule has 0 radical (unpaired) electrons. The zero-order valence-corrected chi connectivity index (χ0v) is 10.1. The van der Waals surface area contributed by atoms with Crippen LogP contribution in [-0.4, -0.2) is 11.1 Å². The fourth-order valence-electron chi connectivity index (χ4n) is 1.31. The van der Waals surface area contributed by atoms with Crippen molar-refractivity contribution in [1.82, 2.24) is 0 Å². The van der Waals surface area contributed by atoms with Crippen molar-refractivity contribution in [2.45, 2.75) is 10.6 Å². The molecule has 16 heavy (non-hydrogen) atoms. The van der Waals surface area contributed by atoms with E-state index in [4.69, 9.17) is 5.11 Å². The van der Waals surface area contributed by atoms with Crippen LogP contribution in [0.25, 0.3) is 0 Å². The number of carboxylic acid groups (broad SMARTS) is 1. The lowest BCUT2D eigenvalue weighted by molar-refractivity contribution is 0.0696. The molecule has 0 aliphatic rings. The lowest BCUT2D eigenvalue weighted by Crippen LogP contribution is -1.96. The number of rotatable bonds is 4. The number of thiophene rings is 1. The van der Waals surface area contributed by atoms with Gasteiger partial charge in [0.25, 0.3) is 0 Å². The van der Waals surface area contributed by atoms with Crippen molar-refractivity contribution in [1.29, 1.82) is 0 Å². The summed E-state index contributed by atoms with van der Waals surface area (Å²) in [5, 5.41) is 10.8. The smallest absolute Gasteiger partial charge is 0.336 e. The largest absolute Gasteiger partial charge is 0.478 e. The van der Waals surface area contributed by atoms with Crippen molar-refractivity contribution < 1.29 is 9.90 Å². The van der Waals surface area contributed by atoms with Gasteiger partial charge in [0.2, 0.25) is 0 Å². The van der Waals surface area contributed by atoms with Gasteiger partial charge in [0.15, 0.2) is 0 Å². The first-order chi connectivity index (χ1) is 7.77. The third kappa shape index (κ3) is 2.65. The fourth-order valence-corrected chi connectivity index (χ4v) is 3.21. The molecule has 0 fully saturated rings. The summed E-state index contributed by atoms with van der Waals surface area (Å²) in [4.78, 5) is 13.0. The van der Waals surface area contributed by atoms with E-state index < -0.39 is 5.97 Å². The molecule has 0 atom stereocenters. The Kier molecular flexibility index (Phi) is 3.64. The molecule has 0 aliphatic heterocycles. The van der Waals surface area contributed by atoms with Crippen LogP contribution in [0.1, 0.15) is 15.2 Å². The summed E-state index contributed by atoms with van der Waals surface area (Å²) in [5.74, 6) is -0.131. The second kappa shape index (κ2) is 5.18. The van der Waals surface area contributed by atoms with Crippen molar-refractivity contribution in [3.63, 3.8) is 0 Å². The molecular formula is C12H10O2S2. The molecule has 2 rings (SSSR count). The molecule has 1 heterocycles. The molecule has 0 amide bonds. The number of carboxylic acids is 1. The number of benzene rings is 1. The van der Waals surface area contributed by atoms with Gasteiger partial charge in [0.1, 0.15) is 0 Å². The molecule has 0 spiro atoms. The summed E-state index contributed by atoms with van der Waals surface area (Å²) in [6.45, 7) is 0. The lowest BCUT2D eigenvalue weighted by Gasteiger charge is -2.00. The van der Waals surface area contributed by atoms with Gasteiger partial charge < -0.3 is 5.11 Å². The van der Waals surface area contributed by atoms with Crippen LogP contribution in [0.15, 0.2) is 46.7 Å². The summed E-state index contributed by atoms with van der Waals surface area (Å²) in [5.41, 5.74) is 0.424. The summed E-state index contributed by atoms with van der Waals surface area (Å²) in [6, 6.07) is 11.6. The fraction of sp³-hybridized carbons (Fsp3) is 0.0833. The minimum atomic E-state index is -0.843. The predicted octanol–water partition coefficient (Wildman–Crippen LogP) is 3.74. The van der Waals surface area contributed by atoms with Gasteiger partial charge in [0.05, 0.1) is 5.56 Å². The topological polar surface area (TPSA) is 37.3 Å². The van der Waals surface area contributed by atoms with Crippen LogP contribution in [0.2, 0.25) is 0 Å². The van der Waals surface area contributed by atoms with E-state index in [1.165, 1.54) is 11.3 Å². The maximum absolute atomic E-state index is 10.9. The average Bonchev–Trinajstić information content (AvgIpc) is 2.76. The first kappa shape index (κ1) is 11.2. The normalized spacial score (nSPS) is 10.2. The highest BCUT2D eigenvalue weighted by atomic mass is 32.2. The Morgan fingerprint density at radius 2 is 2.00 bits per heavy atom. The molecule has 0 unspecified atom stereocenters.